The van der Waals surface area contributed by atoms with Crippen molar-refractivity contribution >= 4 is 23.3 Å². The summed E-state index contributed by atoms with van der Waals surface area (Å²) in [6.45, 7) is -0.0499. The van der Waals surface area contributed by atoms with Crippen LogP contribution in [-0.2, 0) is 15.8 Å². The third kappa shape index (κ3) is 4.28. The largest absolute Gasteiger partial charge is 0.550 e. The number of hydrogen-bond donors (Lipinski definition) is 0. The third-order valence-corrected chi connectivity index (χ3v) is 4.32. The Morgan fingerprint density at radius 3 is 2.34 bits per heavy atom. The van der Waals surface area contributed by atoms with Gasteiger partial charge in [-0.3, -0.25) is 14.9 Å². The number of amides is 1. The summed E-state index contributed by atoms with van der Waals surface area (Å²) in [6, 6.07) is 7.48. The van der Waals surface area contributed by atoms with Crippen LogP contribution in [0.5, 0.6) is 11.5 Å². The Morgan fingerprint density at radius 1 is 1.17 bits per heavy atom. The van der Waals surface area contributed by atoms with Crippen molar-refractivity contribution in [3.8, 4) is 11.5 Å². The van der Waals surface area contributed by atoms with Crippen molar-refractivity contribution in [1.82, 2.24) is 0 Å². The number of anilines is 1. The van der Waals surface area contributed by atoms with Gasteiger partial charge in [0.05, 0.1) is 10.5 Å². The number of nitro groups is 1. The number of ether oxygens (including phenoxy) is 1. The van der Waals surface area contributed by atoms with E-state index in [9.17, 15) is 38.0 Å². The second kappa shape index (κ2) is 7.41. The summed E-state index contributed by atoms with van der Waals surface area (Å²) in [6.07, 6.45) is -4.92. The molecule has 1 heterocycles. The number of nitrogens with zero attached hydrogens (tertiary/aromatic N) is 2. The zero-order chi connectivity index (χ0) is 21.3. The molecular formula is C18H12F3N2O6-. The fraction of sp³-hybridized carbons (Fsp3) is 0.222. The summed E-state index contributed by atoms with van der Waals surface area (Å²) in [7, 11) is 0. The molecule has 11 heteroatoms. The maximum Gasteiger partial charge on any atom is 0.416 e. The fourth-order valence-corrected chi connectivity index (χ4v) is 2.86. The maximum atomic E-state index is 12.8. The molecule has 1 atom stereocenters. The van der Waals surface area contributed by atoms with Crippen LogP contribution in [0.4, 0.5) is 24.5 Å². The third-order valence-electron chi connectivity index (χ3n) is 4.32. The van der Waals surface area contributed by atoms with E-state index in [0.29, 0.717) is 17.8 Å². The van der Waals surface area contributed by atoms with E-state index >= 15 is 0 Å². The summed E-state index contributed by atoms with van der Waals surface area (Å²) < 4.78 is 43.6. The van der Waals surface area contributed by atoms with Crippen molar-refractivity contribution < 1.29 is 37.5 Å². The quantitative estimate of drug-likeness (QED) is 0.554. The Morgan fingerprint density at radius 2 is 1.83 bits per heavy atom. The number of carboxylic acids is 1. The van der Waals surface area contributed by atoms with Crippen LogP contribution >= 0.6 is 0 Å². The van der Waals surface area contributed by atoms with E-state index in [1.807, 2.05) is 0 Å². The zero-order valence-electron chi connectivity index (χ0n) is 14.5. The van der Waals surface area contributed by atoms with Crippen LogP contribution in [0, 0.1) is 16.0 Å². The molecule has 29 heavy (non-hydrogen) atoms. The highest BCUT2D eigenvalue weighted by Crippen LogP contribution is 2.38. The van der Waals surface area contributed by atoms with Crippen LogP contribution in [0.15, 0.2) is 42.5 Å². The first-order chi connectivity index (χ1) is 13.6. The molecule has 2 aromatic rings. The standard InChI is InChI=1S/C18H13F3N2O6/c19-18(20,21)11-1-6-15(14(8-11)23(27)28)29-13-4-2-12(3-5-13)22-9-10(17(25)26)7-16(22)24/h1-6,8,10H,7,9H2,(H,25,26)/p-1/t10-/m0/s1. The first-order valence-corrected chi connectivity index (χ1v) is 8.21. The minimum atomic E-state index is -4.74. The van der Waals surface area contributed by atoms with Gasteiger partial charge in [-0.2, -0.15) is 13.2 Å². The van der Waals surface area contributed by atoms with Crippen molar-refractivity contribution in [2.45, 2.75) is 12.6 Å². The number of carbonyl (C=O) groups excluding carboxylic acids is 2. The second-order valence-electron chi connectivity index (χ2n) is 6.26. The van der Waals surface area contributed by atoms with Crippen molar-refractivity contribution in [1.29, 1.82) is 0 Å². The van der Waals surface area contributed by atoms with Gasteiger partial charge in [-0.25, -0.2) is 0 Å². The van der Waals surface area contributed by atoms with Gasteiger partial charge in [0.15, 0.2) is 0 Å². The Bertz CT molecular complexity index is 975. The number of halogens is 3. The van der Waals surface area contributed by atoms with Gasteiger partial charge in [-0.05, 0) is 36.4 Å². The molecule has 0 radical (unpaired) electrons. The number of alkyl halides is 3. The number of rotatable bonds is 5. The molecule has 2 aromatic carbocycles. The highest BCUT2D eigenvalue weighted by molar-refractivity contribution is 5.99. The van der Waals surface area contributed by atoms with E-state index in [-0.39, 0.29) is 24.5 Å². The molecule has 0 aromatic heterocycles. The monoisotopic (exact) mass is 409 g/mol. The lowest BCUT2D eigenvalue weighted by atomic mass is 10.1. The van der Waals surface area contributed by atoms with Crippen molar-refractivity contribution in [2.75, 3.05) is 11.4 Å². The van der Waals surface area contributed by atoms with Crippen LogP contribution in [0.3, 0.4) is 0 Å². The van der Waals surface area contributed by atoms with Crippen LogP contribution < -0.4 is 14.7 Å². The maximum absolute atomic E-state index is 12.8. The first kappa shape index (κ1) is 20.1. The number of hydrogen-bond acceptors (Lipinski definition) is 6. The molecule has 3 rings (SSSR count). The minimum absolute atomic E-state index is 0.0499. The van der Waals surface area contributed by atoms with Gasteiger partial charge in [0.25, 0.3) is 0 Å². The second-order valence-corrected chi connectivity index (χ2v) is 6.26. The molecule has 8 nitrogen and oxygen atoms in total. The van der Waals surface area contributed by atoms with Crippen LogP contribution in [0.25, 0.3) is 0 Å². The predicted molar refractivity (Wildman–Crippen MR) is 90.1 cm³/mol. The van der Waals surface area contributed by atoms with Gasteiger partial charge in [-0.1, -0.05) is 0 Å². The average molecular weight is 409 g/mol. The molecule has 0 aliphatic carbocycles. The van der Waals surface area contributed by atoms with Crippen LogP contribution in [0.2, 0.25) is 0 Å². The van der Waals surface area contributed by atoms with E-state index in [1.54, 1.807) is 0 Å². The lowest BCUT2D eigenvalue weighted by molar-refractivity contribution is -0.385. The van der Waals surface area contributed by atoms with E-state index in [4.69, 9.17) is 4.74 Å². The summed E-state index contributed by atoms with van der Waals surface area (Å²) >= 11 is 0. The Labute approximate surface area is 161 Å². The summed E-state index contributed by atoms with van der Waals surface area (Å²) in [5.74, 6) is -2.94. The number of carboxylic acid groups (broad SMARTS) is 1. The molecule has 0 bridgehead atoms. The smallest absolute Gasteiger partial charge is 0.416 e. The molecule has 1 aliphatic heterocycles. The highest BCUT2D eigenvalue weighted by atomic mass is 19.4. The molecule has 0 unspecified atom stereocenters. The van der Waals surface area contributed by atoms with E-state index < -0.39 is 40.1 Å². The van der Waals surface area contributed by atoms with Gasteiger partial charge < -0.3 is 19.5 Å². The molecule has 0 saturated carbocycles. The Kier molecular flexibility index (Phi) is 5.14. The Hall–Kier alpha value is -3.63. The molecular weight excluding hydrogens is 397 g/mol. The van der Waals surface area contributed by atoms with Crippen molar-refractivity contribution in [3.63, 3.8) is 0 Å². The predicted octanol–water partition coefficient (Wildman–Crippen LogP) is 2.51. The number of benzene rings is 2. The van der Waals surface area contributed by atoms with Gasteiger partial charge in [0.2, 0.25) is 11.7 Å². The van der Waals surface area contributed by atoms with Gasteiger partial charge in [-0.15, -0.1) is 0 Å². The average Bonchev–Trinajstić information content (AvgIpc) is 3.03. The molecule has 1 fully saturated rings. The minimum Gasteiger partial charge on any atom is -0.550 e. The van der Waals surface area contributed by atoms with Gasteiger partial charge in [0, 0.05) is 36.6 Å². The molecule has 0 spiro atoms. The van der Waals surface area contributed by atoms with Gasteiger partial charge in [0.1, 0.15) is 5.75 Å². The van der Waals surface area contributed by atoms with Crippen molar-refractivity contribution in [2.24, 2.45) is 5.92 Å². The molecule has 1 amide bonds. The van der Waals surface area contributed by atoms with Gasteiger partial charge >= 0.3 is 11.9 Å². The van der Waals surface area contributed by atoms with E-state index in [0.717, 1.165) is 6.07 Å². The summed E-state index contributed by atoms with van der Waals surface area (Å²) in [4.78, 5) is 34.2. The summed E-state index contributed by atoms with van der Waals surface area (Å²) in [5, 5.41) is 22.0. The Balaban J connectivity index is 1.81. The van der Waals surface area contributed by atoms with E-state index in [1.165, 1.54) is 29.2 Å². The van der Waals surface area contributed by atoms with Crippen molar-refractivity contribution in [3.05, 3.63) is 58.1 Å². The number of aliphatic carboxylic acids is 1. The first-order valence-electron chi connectivity index (χ1n) is 8.21. The molecule has 1 aliphatic rings. The topological polar surface area (TPSA) is 113 Å². The molecule has 0 N–H and O–H groups in total. The number of nitro benzene ring substituents is 1. The summed E-state index contributed by atoms with van der Waals surface area (Å²) in [5.41, 5.74) is -1.65. The normalized spacial score (nSPS) is 16.7. The number of carbonyl (C=O) groups is 2. The fourth-order valence-electron chi connectivity index (χ4n) is 2.86. The lowest BCUT2D eigenvalue weighted by Crippen LogP contribution is -2.33. The molecule has 1 saturated heterocycles. The molecule has 152 valence electrons. The zero-order valence-corrected chi connectivity index (χ0v) is 14.5. The SMILES string of the molecule is O=C([O-])[C@H]1CC(=O)N(c2ccc(Oc3ccc(C(F)(F)F)cc3[N+](=O)[O-])cc2)C1. The lowest BCUT2D eigenvalue weighted by Gasteiger charge is -2.17. The van der Waals surface area contributed by atoms with Crippen LogP contribution in [0.1, 0.15) is 12.0 Å². The highest BCUT2D eigenvalue weighted by Gasteiger charge is 2.34. The van der Waals surface area contributed by atoms with E-state index in [2.05, 4.69) is 0 Å². The van der Waals surface area contributed by atoms with Crippen LogP contribution in [-0.4, -0.2) is 23.3 Å².